The van der Waals surface area contributed by atoms with Gasteiger partial charge in [-0.15, -0.1) is 0 Å². The molecule has 0 saturated heterocycles. The van der Waals surface area contributed by atoms with Crippen LogP contribution in [-0.4, -0.2) is 21.0 Å². The van der Waals surface area contributed by atoms with Gasteiger partial charge >= 0.3 is 0 Å². The van der Waals surface area contributed by atoms with Crippen LogP contribution in [0.1, 0.15) is 11.1 Å². The molecule has 23 heavy (non-hydrogen) atoms. The summed E-state index contributed by atoms with van der Waals surface area (Å²) in [4.78, 5) is 0. The predicted molar refractivity (Wildman–Crippen MR) is 90.4 cm³/mol. The average molecular weight is 380 g/mol. The van der Waals surface area contributed by atoms with E-state index in [-0.39, 0.29) is 0 Å². The van der Waals surface area contributed by atoms with Crippen LogP contribution >= 0.6 is 15.9 Å². The molecule has 0 atom stereocenters. The number of benzene rings is 2. The third-order valence-corrected chi connectivity index (χ3v) is 4.40. The summed E-state index contributed by atoms with van der Waals surface area (Å²) in [6.07, 6.45) is 0. The summed E-state index contributed by atoms with van der Waals surface area (Å²) in [5.74, 6) is 3.05. The Labute approximate surface area is 143 Å². The van der Waals surface area contributed by atoms with Crippen molar-refractivity contribution in [3.8, 4) is 23.0 Å². The summed E-state index contributed by atoms with van der Waals surface area (Å²) in [7, 11) is 3.28. The summed E-state index contributed by atoms with van der Waals surface area (Å²) >= 11 is 3.57. The molecule has 3 rings (SSSR count). The lowest BCUT2D eigenvalue weighted by molar-refractivity contribution is 0.174. The highest BCUT2D eigenvalue weighted by Crippen LogP contribution is 2.36. The predicted octanol–water partition coefficient (Wildman–Crippen LogP) is 3.48. The lowest BCUT2D eigenvalue weighted by atomic mass is 10.1. The Morgan fingerprint density at radius 1 is 1.04 bits per heavy atom. The van der Waals surface area contributed by atoms with Gasteiger partial charge in [0.1, 0.15) is 0 Å². The molecule has 2 aromatic carbocycles. The van der Waals surface area contributed by atoms with Crippen LogP contribution in [0.15, 0.2) is 34.8 Å². The van der Waals surface area contributed by atoms with E-state index >= 15 is 0 Å². The van der Waals surface area contributed by atoms with Gasteiger partial charge in [0.25, 0.3) is 0 Å². The van der Waals surface area contributed by atoms with Crippen molar-refractivity contribution < 1.29 is 18.9 Å². The van der Waals surface area contributed by atoms with Crippen LogP contribution < -0.4 is 24.3 Å². The molecule has 0 spiro atoms. The van der Waals surface area contributed by atoms with Crippen molar-refractivity contribution in [3.63, 3.8) is 0 Å². The molecule has 0 saturated carbocycles. The normalized spacial score (nSPS) is 12.3. The highest BCUT2D eigenvalue weighted by atomic mass is 79.9. The molecule has 0 bridgehead atoms. The van der Waals surface area contributed by atoms with Gasteiger partial charge in [-0.2, -0.15) is 0 Å². The first-order chi connectivity index (χ1) is 11.2. The Morgan fingerprint density at radius 2 is 1.87 bits per heavy atom. The Hall–Kier alpha value is -1.92. The fourth-order valence-electron chi connectivity index (χ4n) is 2.51. The fraction of sp³-hybridized carbons (Fsp3) is 0.294. The summed E-state index contributed by atoms with van der Waals surface area (Å²) in [5.41, 5.74) is 2.15. The first-order valence-corrected chi connectivity index (χ1v) is 8.01. The molecule has 1 aliphatic heterocycles. The third-order valence-electron chi connectivity index (χ3n) is 3.66. The monoisotopic (exact) mass is 379 g/mol. The quantitative estimate of drug-likeness (QED) is 0.832. The molecule has 0 aliphatic carbocycles. The minimum absolute atomic E-state index is 0.292. The van der Waals surface area contributed by atoms with Crippen LogP contribution in [0.5, 0.6) is 23.0 Å². The number of nitrogens with one attached hydrogen (secondary N) is 1. The van der Waals surface area contributed by atoms with E-state index in [1.807, 2.05) is 30.3 Å². The molecular formula is C17H18BrNO4. The SMILES string of the molecule is COc1ccc(Br)c(CNCc2ccc3c(c2)OCO3)c1OC. The van der Waals surface area contributed by atoms with Gasteiger partial charge in [0.2, 0.25) is 6.79 Å². The molecule has 0 radical (unpaired) electrons. The Kier molecular flexibility index (Phi) is 4.93. The zero-order valence-corrected chi connectivity index (χ0v) is 14.6. The molecule has 0 aromatic heterocycles. The molecule has 1 heterocycles. The Morgan fingerprint density at radius 3 is 2.65 bits per heavy atom. The second kappa shape index (κ2) is 7.10. The summed E-state index contributed by atoms with van der Waals surface area (Å²) in [5, 5.41) is 3.41. The molecule has 122 valence electrons. The van der Waals surface area contributed by atoms with Crippen molar-refractivity contribution in [1.82, 2.24) is 5.32 Å². The number of rotatable bonds is 6. The van der Waals surface area contributed by atoms with Crippen LogP contribution in [-0.2, 0) is 13.1 Å². The van der Waals surface area contributed by atoms with Gasteiger partial charge in [-0.25, -0.2) is 0 Å². The van der Waals surface area contributed by atoms with E-state index in [0.717, 1.165) is 38.6 Å². The highest BCUT2D eigenvalue weighted by molar-refractivity contribution is 9.10. The largest absolute Gasteiger partial charge is 0.493 e. The highest BCUT2D eigenvalue weighted by Gasteiger charge is 2.15. The molecule has 0 unspecified atom stereocenters. The fourth-order valence-corrected chi connectivity index (χ4v) is 2.97. The Balaban J connectivity index is 1.69. The van der Waals surface area contributed by atoms with Crippen molar-refractivity contribution in [3.05, 3.63) is 45.9 Å². The number of hydrogen-bond acceptors (Lipinski definition) is 5. The second-order valence-electron chi connectivity index (χ2n) is 5.05. The maximum atomic E-state index is 5.48. The van der Waals surface area contributed by atoms with Crippen LogP contribution in [0.2, 0.25) is 0 Å². The van der Waals surface area contributed by atoms with E-state index in [9.17, 15) is 0 Å². The van der Waals surface area contributed by atoms with Gasteiger partial charge in [0.15, 0.2) is 23.0 Å². The summed E-state index contributed by atoms with van der Waals surface area (Å²) < 4.78 is 22.5. The van der Waals surface area contributed by atoms with E-state index in [4.69, 9.17) is 18.9 Å². The molecule has 1 N–H and O–H groups in total. The average Bonchev–Trinajstić information content (AvgIpc) is 3.03. The lowest BCUT2D eigenvalue weighted by Crippen LogP contribution is -2.14. The van der Waals surface area contributed by atoms with Crippen molar-refractivity contribution in [2.45, 2.75) is 13.1 Å². The smallest absolute Gasteiger partial charge is 0.231 e. The zero-order valence-electron chi connectivity index (χ0n) is 13.0. The molecule has 0 amide bonds. The Bertz CT molecular complexity index is 705. The molecule has 6 heteroatoms. The van der Waals surface area contributed by atoms with Gasteiger partial charge in [0, 0.05) is 23.1 Å². The van der Waals surface area contributed by atoms with Crippen LogP contribution in [0.3, 0.4) is 0 Å². The van der Waals surface area contributed by atoms with Crippen molar-refractivity contribution >= 4 is 15.9 Å². The standard InChI is InChI=1S/C17H18BrNO4/c1-20-15-6-4-13(18)12(17(15)21-2)9-19-8-11-3-5-14-16(7-11)23-10-22-14/h3-7,19H,8-10H2,1-2H3. The van der Waals surface area contributed by atoms with Crippen LogP contribution in [0.25, 0.3) is 0 Å². The molecular weight excluding hydrogens is 362 g/mol. The van der Waals surface area contributed by atoms with E-state index in [0.29, 0.717) is 19.9 Å². The third kappa shape index (κ3) is 3.38. The second-order valence-corrected chi connectivity index (χ2v) is 5.91. The number of halogens is 1. The van der Waals surface area contributed by atoms with Gasteiger partial charge in [-0.1, -0.05) is 22.0 Å². The molecule has 2 aromatic rings. The van der Waals surface area contributed by atoms with E-state index < -0.39 is 0 Å². The number of hydrogen-bond donors (Lipinski definition) is 1. The van der Waals surface area contributed by atoms with Crippen LogP contribution in [0, 0.1) is 0 Å². The topological polar surface area (TPSA) is 49.0 Å². The first-order valence-electron chi connectivity index (χ1n) is 7.21. The van der Waals surface area contributed by atoms with E-state index in [1.165, 1.54) is 0 Å². The van der Waals surface area contributed by atoms with Crippen molar-refractivity contribution in [2.75, 3.05) is 21.0 Å². The van der Waals surface area contributed by atoms with Gasteiger partial charge in [0.05, 0.1) is 14.2 Å². The summed E-state index contributed by atoms with van der Waals surface area (Å²) in [6, 6.07) is 9.79. The van der Waals surface area contributed by atoms with Crippen molar-refractivity contribution in [1.29, 1.82) is 0 Å². The zero-order chi connectivity index (χ0) is 16.2. The van der Waals surface area contributed by atoms with Gasteiger partial charge < -0.3 is 24.3 Å². The first kappa shape index (κ1) is 16.0. The lowest BCUT2D eigenvalue weighted by Gasteiger charge is -2.15. The minimum atomic E-state index is 0.292. The van der Waals surface area contributed by atoms with Crippen LogP contribution in [0.4, 0.5) is 0 Å². The van der Waals surface area contributed by atoms with Gasteiger partial charge in [-0.05, 0) is 29.8 Å². The van der Waals surface area contributed by atoms with E-state index in [1.54, 1.807) is 14.2 Å². The minimum Gasteiger partial charge on any atom is -0.493 e. The summed E-state index contributed by atoms with van der Waals surface area (Å²) in [6.45, 7) is 1.65. The maximum absolute atomic E-state index is 5.48. The van der Waals surface area contributed by atoms with E-state index in [2.05, 4.69) is 21.2 Å². The number of methoxy groups -OCH3 is 2. The number of ether oxygens (including phenoxy) is 4. The maximum Gasteiger partial charge on any atom is 0.231 e. The van der Waals surface area contributed by atoms with Crippen molar-refractivity contribution in [2.24, 2.45) is 0 Å². The number of fused-ring (bicyclic) bond motifs is 1. The van der Waals surface area contributed by atoms with Gasteiger partial charge in [-0.3, -0.25) is 0 Å². The molecule has 0 fully saturated rings. The molecule has 5 nitrogen and oxygen atoms in total. The molecule has 1 aliphatic rings.